The van der Waals surface area contributed by atoms with Gasteiger partial charge in [-0.15, -0.1) is 0 Å². The number of aliphatic hydroxyl groups excluding tert-OH is 1. The summed E-state index contributed by atoms with van der Waals surface area (Å²) in [5.41, 5.74) is 1.73. The van der Waals surface area contributed by atoms with Crippen molar-refractivity contribution in [3.05, 3.63) is 77.5 Å². The van der Waals surface area contributed by atoms with Crippen LogP contribution in [0.3, 0.4) is 0 Å². The third kappa shape index (κ3) is 3.25. The van der Waals surface area contributed by atoms with Crippen molar-refractivity contribution < 1.29 is 28.2 Å². The monoisotopic (exact) mass is 474 g/mol. The second-order valence-corrected chi connectivity index (χ2v) is 8.36. The highest BCUT2D eigenvalue weighted by atomic mass is 19.1. The van der Waals surface area contributed by atoms with Crippen LogP contribution >= 0.6 is 0 Å². The number of nitrogens with zero attached hydrogens (tertiary/aromatic N) is 3. The zero-order chi connectivity index (χ0) is 24.3. The van der Waals surface area contributed by atoms with Gasteiger partial charge in [0.15, 0.2) is 0 Å². The maximum absolute atomic E-state index is 13.7. The highest BCUT2D eigenvalue weighted by Crippen LogP contribution is 2.43. The first kappa shape index (κ1) is 21.0. The van der Waals surface area contributed by atoms with Crippen molar-refractivity contribution >= 4 is 40.1 Å². The number of furan rings is 1. The zero-order valence-electron chi connectivity index (χ0n) is 18.5. The number of aliphatic hydroxyl groups is 1. The molecule has 0 radical (unpaired) electrons. The Labute approximate surface area is 198 Å². The number of benzene rings is 2. The Balaban J connectivity index is 1.52. The number of halogens is 1. The number of carbonyl (C=O) groups excluding carboxylic acids is 2. The molecule has 1 saturated heterocycles. The van der Waals surface area contributed by atoms with Gasteiger partial charge in [-0.1, -0.05) is 0 Å². The molecule has 0 bridgehead atoms. The van der Waals surface area contributed by atoms with Gasteiger partial charge in [-0.2, -0.15) is 0 Å². The molecule has 1 fully saturated rings. The second-order valence-electron chi connectivity index (χ2n) is 8.36. The molecule has 9 nitrogen and oxygen atoms in total. The lowest BCUT2D eigenvalue weighted by molar-refractivity contribution is -0.132. The van der Waals surface area contributed by atoms with Crippen LogP contribution in [0.1, 0.15) is 17.4 Å². The van der Waals surface area contributed by atoms with Crippen LogP contribution < -0.4 is 14.5 Å². The van der Waals surface area contributed by atoms with Crippen molar-refractivity contribution in [3.63, 3.8) is 0 Å². The number of imidazole rings is 1. The number of anilines is 2. The van der Waals surface area contributed by atoms with E-state index in [2.05, 4.69) is 9.97 Å². The fraction of sp³-hybridized carbons (Fsp3) is 0.160. The molecular weight excluding hydrogens is 455 g/mol. The van der Waals surface area contributed by atoms with Crippen LogP contribution in [0.25, 0.3) is 16.8 Å². The van der Waals surface area contributed by atoms with Gasteiger partial charge in [-0.25, -0.2) is 9.37 Å². The highest BCUT2D eigenvalue weighted by molar-refractivity contribution is 6.51. The number of ether oxygens (including phenoxy) is 1. The van der Waals surface area contributed by atoms with Gasteiger partial charge in [0.25, 0.3) is 5.78 Å². The van der Waals surface area contributed by atoms with Gasteiger partial charge in [0, 0.05) is 12.6 Å². The number of H-pyrrole nitrogens is 1. The van der Waals surface area contributed by atoms with Crippen molar-refractivity contribution in [1.82, 2.24) is 9.97 Å². The maximum Gasteiger partial charge on any atom is 0.302 e. The van der Waals surface area contributed by atoms with Crippen LogP contribution in [0.2, 0.25) is 0 Å². The molecule has 1 unspecified atom stereocenters. The molecule has 4 aromatic rings. The number of amides is 1. The van der Waals surface area contributed by atoms with E-state index in [1.165, 1.54) is 24.5 Å². The summed E-state index contributed by atoms with van der Waals surface area (Å²) < 4.78 is 24.9. The molecule has 2 aromatic heterocycles. The Morgan fingerprint density at radius 3 is 2.86 bits per heavy atom. The predicted octanol–water partition coefficient (Wildman–Crippen LogP) is 3.75. The van der Waals surface area contributed by atoms with Gasteiger partial charge < -0.3 is 24.1 Å². The molecule has 1 atom stereocenters. The molecule has 0 aliphatic carbocycles. The number of aromatic amines is 1. The fourth-order valence-electron chi connectivity index (χ4n) is 4.50. The number of carbonyl (C=O) groups is 2. The average Bonchev–Trinajstić information content (AvgIpc) is 3.57. The summed E-state index contributed by atoms with van der Waals surface area (Å²) in [6.45, 7) is 1.21. The Morgan fingerprint density at radius 1 is 1.20 bits per heavy atom. The molecule has 4 heterocycles. The number of likely N-dealkylation sites (N-methyl/N-ethyl adjacent to an activating group) is 1. The number of hydrogen-bond donors (Lipinski definition) is 2. The lowest BCUT2D eigenvalue weighted by Gasteiger charge is -2.28. The summed E-state index contributed by atoms with van der Waals surface area (Å²) in [7, 11) is 1.90. The number of Topliss-reactive ketones (excluding diaryl/α,β-unsaturated/α-hetero) is 1. The Morgan fingerprint density at radius 2 is 2.06 bits per heavy atom. The summed E-state index contributed by atoms with van der Waals surface area (Å²) in [6, 6.07) is 11.2. The number of hydrogen-bond acceptors (Lipinski definition) is 7. The zero-order valence-corrected chi connectivity index (χ0v) is 18.5. The first-order valence-corrected chi connectivity index (χ1v) is 10.9. The smallest absolute Gasteiger partial charge is 0.302 e. The van der Waals surface area contributed by atoms with Gasteiger partial charge in [-0.3, -0.25) is 14.5 Å². The minimum atomic E-state index is -1.08. The van der Waals surface area contributed by atoms with Crippen LogP contribution in [0.15, 0.2) is 64.8 Å². The van der Waals surface area contributed by atoms with Crippen LogP contribution in [-0.2, 0) is 9.59 Å². The predicted molar refractivity (Wildman–Crippen MR) is 125 cm³/mol. The first-order valence-electron chi connectivity index (χ1n) is 10.9. The number of nitrogens with one attached hydrogen (secondary N) is 1. The topological polar surface area (TPSA) is 112 Å². The van der Waals surface area contributed by atoms with Gasteiger partial charge in [-0.05, 0) is 48.5 Å². The molecule has 10 heteroatoms. The standard InChI is InChI=1S/C25H19FN4O5/c1-29-8-10-35-18-7-4-13(11-17(18)29)22(31)20-21(19-3-2-9-34-19)30(24(33)23(20)32)25-27-15-6-5-14(26)12-16(15)28-25/h2-7,9,11-12,21,31H,8,10H2,1H3,(H,27,28)/b22-20+. The Kier molecular flexibility index (Phi) is 4.63. The number of rotatable bonds is 3. The van der Waals surface area contributed by atoms with E-state index in [0.29, 0.717) is 35.5 Å². The Hall–Kier alpha value is -4.60. The SMILES string of the molecule is CN1CCOc2ccc(/C(O)=C3\C(=O)C(=O)N(c4nc5ccc(F)cc5[nH]4)C3c3ccco3)cc21. The van der Waals surface area contributed by atoms with Crippen molar-refractivity contribution in [1.29, 1.82) is 0 Å². The van der Waals surface area contributed by atoms with Crippen molar-refractivity contribution in [3.8, 4) is 5.75 Å². The van der Waals surface area contributed by atoms with E-state index in [4.69, 9.17) is 9.15 Å². The van der Waals surface area contributed by atoms with Gasteiger partial charge in [0.1, 0.15) is 35.7 Å². The molecule has 1 amide bonds. The number of ketones is 1. The maximum atomic E-state index is 13.7. The highest BCUT2D eigenvalue weighted by Gasteiger charge is 2.49. The largest absolute Gasteiger partial charge is 0.507 e. The van der Waals surface area contributed by atoms with Crippen LogP contribution in [0, 0.1) is 5.82 Å². The summed E-state index contributed by atoms with van der Waals surface area (Å²) in [5, 5.41) is 11.3. The van der Waals surface area contributed by atoms with E-state index < -0.39 is 23.5 Å². The van der Waals surface area contributed by atoms with Crippen LogP contribution in [0.5, 0.6) is 5.75 Å². The third-order valence-electron chi connectivity index (χ3n) is 6.24. The Bertz CT molecular complexity index is 1520. The molecule has 2 aliphatic heterocycles. The number of fused-ring (bicyclic) bond motifs is 2. The molecule has 2 aromatic carbocycles. The quantitative estimate of drug-likeness (QED) is 0.264. The van der Waals surface area contributed by atoms with E-state index in [1.807, 2.05) is 11.9 Å². The van der Waals surface area contributed by atoms with E-state index >= 15 is 0 Å². The van der Waals surface area contributed by atoms with E-state index in [0.717, 1.165) is 10.6 Å². The van der Waals surface area contributed by atoms with Crippen molar-refractivity contribution in [2.24, 2.45) is 0 Å². The fourth-order valence-corrected chi connectivity index (χ4v) is 4.50. The van der Waals surface area contributed by atoms with Crippen LogP contribution in [-0.4, -0.2) is 47.0 Å². The first-order chi connectivity index (χ1) is 16.9. The lowest BCUT2D eigenvalue weighted by atomic mass is 9.98. The van der Waals surface area contributed by atoms with E-state index in [-0.39, 0.29) is 23.0 Å². The second kappa shape index (κ2) is 7.73. The molecule has 2 aliphatic rings. The van der Waals surface area contributed by atoms with Gasteiger partial charge in [0.05, 0.1) is 35.1 Å². The molecule has 2 N–H and O–H groups in total. The van der Waals surface area contributed by atoms with E-state index in [9.17, 15) is 19.1 Å². The van der Waals surface area contributed by atoms with E-state index in [1.54, 1.807) is 30.3 Å². The molecule has 176 valence electrons. The average molecular weight is 474 g/mol. The molecular formula is C25H19FN4O5. The molecule has 0 spiro atoms. The van der Waals surface area contributed by atoms with Crippen molar-refractivity contribution in [2.45, 2.75) is 6.04 Å². The summed E-state index contributed by atoms with van der Waals surface area (Å²) in [6.07, 6.45) is 1.41. The minimum absolute atomic E-state index is 0.0340. The normalized spacial score (nSPS) is 19.3. The molecule has 35 heavy (non-hydrogen) atoms. The van der Waals surface area contributed by atoms with Gasteiger partial charge in [0.2, 0.25) is 5.95 Å². The van der Waals surface area contributed by atoms with Crippen molar-refractivity contribution in [2.75, 3.05) is 30.0 Å². The minimum Gasteiger partial charge on any atom is -0.507 e. The molecule has 0 saturated carbocycles. The third-order valence-corrected chi connectivity index (χ3v) is 6.24. The number of aromatic nitrogens is 2. The summed E-state index contributed by atoms with van der Waals surface area (Å²) in [4.78, 5) is 36.8. The van der Waals surface area contributed by atoms with Crippen LogP contribution in [0.4, 0.5) is 16.0 Å². The summed E-state index contributed by atoms with van der Waals surface area (Å²) >= 11 is 0. The summed E-state index contributed by atoms with van der Waals surface area (Å²) in [5.74, 6) is -1.66. The lowest BCUT2D eigenvalue weighted by Crippen LogP contribution is -2.30. The molecule has 6 rings (SSSR count). The van der Waals surface area contributed by atoms with Gasteiger partial charge >= 0.3 is 5.91 Å².